The van der Waals surface area contributed by atoms with Crippen molar-refractivity contribution >= 4 is 5.91 Å². The van der Waals surface area contributed by atoms with Crippen LogP contribution in [0.1, 0.15) is 36.6 Å². The molecule has 0 bridgehead atoms. The summed E-state index contributed by atoms with van der Waals surface area (Å²) in [6, 6.07) is 3.76. The first-order chi connectivity index (χ1) is 11.1. The fourth-order valence-electron chi connectivity index (χ4n) is 3.03. The normalized spacial score (nSPS) is 18.1. The predicted molar refractivity (Wildman–Crippen MR) is 85.0 cm³/mol. The zero-order chi connectivity index (χ0) is 16.2. The molecule has 1 amide bonds. The maximum atomic E-state index is 12.4. The van der Waals surface area contributed by atoms with Gasteiger partial charge in [0.25, 0.3) is 0 Å². The van der Waals surface area contributed by atoms with Crippen molar-refractivity contribution < 1.29 is 4.79 Å². The van der Waals surface area contributed by atoms with E-state index in [1.54, 1.807) is 4.68 Å². The number of aromatic amines is 1. The Morgan fingerprint density at radius 2 is 2.30 bits per heavy atom. The first-order valence-corrected chi connectivity index (χ1v) is 7.95. The molecular formula is C16H21N5O2. The zero-order valence-corrected chi connectivity index (χ0v) is 13.2. The Morgan fingerprint density at radius 1 is 1.43 bits per heavy atom. The second kappa shape index (κ2) is 6.76. The molecule has 1 aliphatic rings. The first-order valence-electron chi connectivity index (χ1n) is 7.95. The minimum atomic E-state index is -0.333. The van der Waals surface area contributed by atoms with Crippen LogP contribution < -0.4 is 5.69 Å². The maximum absolute atomic E-state index is 12.4. The minimum absolute atomic E-state index is 0.138. The third-order valence-corrected chi connectivity index (χ3v) is 4.24. The van der Waals surface area contributed by atoms with E-state index < -0.39 is 0 Å². The largest absolute Gasteiger partial charge is 0.345 e. The van der Waals surface area contributed by atoms with Crippen LogP contribution in [0.25, 0.3) is 0 Å². The van der Waals surface area contributed by atoms with E-state index in [1.807, 2.05) is 30.2 Å². The van der Waals surface area contributed by atoms with E-state index in [1.165, 1.54) is 6.20 Å². The lowest BCUT2D eigenvalue weighted by Gasteiger charge is -2.32. The van der Waals surface area contributed by atoms with Crippen LogP contribution in [0.2, 0.25) is 0 Å². The van der Waals surface area contributed by atoms with Gasteiger partial charge in [0.05, 0.1) is 5.69 Å². The van der Waals surface area contributed by atoms with E-state index in [0.29, 0.717) is 19.5 Å². The van der Waals surface area contributed by atoms with Crippen molar-refractivity contribution in [1.82, 2.24) is 24.6 Å². The molecule has 1 saturated heterocycles. The van der Waals surface area contributed by atoms with E-state index in [9.17, 15) is 9.59 Å². The summed E-state index contributed by atoms with van der Waals surface area (Å²) in [5.74, 6) is 0.314. The van der Waals surface area contributed by atoms with Crippen molar-refractivity contribution in [3.8, 4) is 0 Å². The van der Waals surface area contributed by atoms with Crippen molar-refractivity contribution in [3.05, 3.63) is 46.4 Å². The number of amides is 1. The molecule has 7 nitrogen and oxygen atoms in total. The second-order valence-electron chi connectivity index (χ2n) is 5.98. The van der Waals surface area contributed by atoms with Gasteiger partial charge in [0, 0.05) is 50.1 Å². The van der Waals surface area contributed by atoms with Gasteiger partial charge in [-0.2, -0.15) is 5.10 Å². The van der Waals surface area contributed by atoms with E-state index in [2.05, 4.69) is 15.1 Å². The number of likely N-dealkylation sites (tertiary alicyclic amines) is 1. The molecule has 0 unspecified atom stereocenters. The Labute approximate surface area is 134 Å². The summed E-state index contributed by atoms with van der Waals surface area (Å²) in [4.78, 5) is 32.1. The molecule has 0 radical (unpaired) electrons. The number of hydrogen-bond donors (Lipinski definition) is 1. The fourth-order valence-corrected chi connectivity index (χ4v) is 3.03. The molecule has 7 heteroatoms. The Hall–Kier alpha value is -2.44. The number of nitrogens with one attached hydrogen (secondary N) is 1. The Balaban J connectivity index is 1.59. The highest BCUT2D eigenvalue weighted by molar-refractivity contribution is 5.76. The molecule has 1 aliphatic heterocycles. The van der Waals surface area contributed by atoms with Gasteiger partial charge in [-0.1, -0.05) is 0 Å². The van der Waals surface area contributed by atoms with Crippen LogP contribution in [-0.2, 0) is 11.3 Å². The van der Waals surface area contributed by atoms with Crippen molar-refractivity contribution in [2.75, 3.05) is 13.1 Å². The fraction of sp³-hybridized carbons (Fsp3) is 0.500. The van der Waals surface area contributed by atoms with Crippen LogP contribution in [-0.4, -0.2) is 43.6 Å². The van der Waals surface area contributed by atoms with Crippen molar-refractivity contribution in [1.29, 1.82) is 0 Å². The number of H-pyrrole nitrogens is 1. The summed E-state index contributed by atoms with van der Waals surface area (Å²) in [6.07, 6.45) is 5.78. The molecule has 3 rings (SSSR count). The minimum Gasteiger partial charge on any atom is -0.342 e. The summed E-state index contributed by atoms with van der Waals surface area (Å²) in [5.41, 5.74) is 1.49. The Bertz CT molecular complexity index is 736. The molecule has 0 aromatic carbocycles. The van der Waals surface area contributed by atoms with E-state index >= 15 is 0 Å². The third-order valence-electron chi connectivity index (χ3n) is 4.24. The summed E-state index contributed by atoms with van der Waals surface area (Å²) in [6.45, 7) is 3.96. The second-order valence-corrected chi connectivity index (χ2v) is 5.98. The van der Waals surface area contributed by atoms with Crippen molar-refractivity contribution in [3.63, 3.8) is 0 Å². The van der Waals surface area contributed by atoms with Gasteiger partial charge in [-0.15, -0.1) is 0 Å². The Morgan fingerprint density at radius 3 is 3.04 bits per heavy atom. The molecule has 122 valence electrons. The summed E-state index contributed by atoms with van der Waals surface area (Å²) < 4.78 is 1.80. The number of carbonyl (C=O) groups excluding carboxylic acids is 1. The number of carbonyl (C=O) groups is 1. The molecule has 23 heavy (non-hydrogen) atoms. The van der Waals surface area contributed by atoms with Gasteiger partial charge < -0.3 is 9.88 Å². The molecule has 0 spiro atoms. The molecule has 1 atom stereocenters. The number of aromatic nitrogens is 4. The number of piperidine rings is 1. The standard InChI is InChI=1S/C16H21N5O2/c1-12-5-9-21(19-12)10-6-15(22)20-8-2-3-13(11-20)14-4-7-17-16(23)18-14/h4-5,7,9,13H,2-3,6,8,10-11H2,1H3,(H,17,18,23)/t13-/m1/s1. The maximum Gasteiger partial charge on any atom is 0.345 e. The Kier molecular flexibility index (Phi) is 4.55. The summed E-state index contributed by atoms with van der Waals surface area (Å²) in [5, 5.41) is 4.30. The van der Waals surface area contributed by atoms with Gasteiger partial charge in [-0.05, 0) is 31.9 Å². The highest BCUT2D eigenvalue weighted by atomic mass is 16.2. The highest BCUT2D eigenvalue weighted by Gasteiger charge is 2.25. The van der Waals surface area contributed by atoms with Gasteiger partial charge in [0.2, 0.25) is 5.91 Å². The van der Waals surface area contributed by atoms with Crippen LogP contribution >= 0.6 is 0 Å². The van der Waals surface area contributed by atoms with Crippen molar-refractivity contribution in [2.24, 2.45) is 0 Å². The molecule has 0 aliphatic carbocycles. The molecule has 2 aromatic rings. The lowest BCUT2D eigenvalue weighted by molar-refractivity contribution is -0.132. The molecule has 3 heterocycles. The van der Waals surface area contributed by atoms with Crippen LogP contribution in [0.4, 0.5) is 0 Å². The zero-order valence-electron chi connectivity index (χ0n) is 13.2. The van der Waals surface area contributed by atoms with E-state index in [4.69, 9.17) is 0 Å². The summed E-state index contributed by atoms with van der Waals surface area (Å²) in [7, 11) is 0. The number of nitrogens with zero attached hydrogens (tertiary/aromatic N) is 4. The van der Waals surface area contributed by atoms with Gasteiger partial charge in [-0.25, -0.2) is 9.78 Å². The van der Waals surface area contributed by atoms with Crippen LogP contribution in [0.3, 0.4) is 0 Å². The number of aryl methyl sites for hydroxylation is 2. The van der Waals surface area contributed by atoms with Gasteiger partial charge in [0.15, 0.2) is 0 Å². The van der Waals surface area contributed by atoms with E-state index in [0.717, 1.165) is 30.8 Å². The number of hydrogen-bond acceptors (Lipinski definition) is 4. The van der Waals surface area contributed by atoms with Gasteiger partial charge >= 0.3 is 5.69 Å². The molecule has 0 saturated carbocycles. The number of rotatable bonds is 4. The quantitative estimate of drug-likeness (QED) is 0.915. The first kappa shape index (κ1) is 15.5. The molecule has 2 aromatic heterocycles. The van der Waals surface area contributed by atoms with Crippen molar-refractivity contribution in [2.45, 2.75) is 38.6 Å². The molecule has 1 fully saturated rings. The van der Waals surface area contributed by atoms with Crippen LogP contribution in [0, 0.1) is 6.92 Å². The molecule has 1 N–H and O–H groups in total. The van der Waals surface area contributed by atoms with Crippen LogP contribution in [0.5, 0.6) is 0 Å². The average molecular weight is 315 g/mol. The topological polar surface area (TPSA) is 83.9 Å². The average Bonchev–Trinajstić information content (AvgIpc) is 2.98. The van der Waals surface area contributed by atoms with Crippen LogP contribution in [0.15, 0.2) is 29.3 Å². The van der Waals surface area contributed by atoms with Gasteiger partial charge in [0.1, 0.15) is 0 Å². The predicted octanol–water partition coefficient (Wildman–Crippen LogP) is 1.07. The lowest BCUT2D eigenvalue weighted by Crippen LogP contribution is -2.40. The highest BCUT2D eigenvalue weighted by Crippen LogP contribution is 2.25. The van der Waals surface area contributed by atoms with E-state index in [-0.39, 0.29) is 17.5 Å². The monoisotopic (exact) mass is 315 g/mol. The SMILES string of the molecule is Cc1ccn(CCC(=O)N2CCC[C@@H](c3ccnc(=O)[nH]3)C2)n1. The molecular weight excluding hydrogens is 294 g/mol. The van der Waals surface area contributed by atoms with Gasteiger partial charge in [-0.3, -0.25) is 9.48 Å². The summed E-state index contributed by atoms with van der Waals surface area (Å²) >= 11 is 0. The third kappa shape index (κ3) is 3.85. The lowest BCUT2D eigenvalue weighted by atomic mass is 9.94. The smallest absolute Gasteiger partial charge is 0.342 e.